The first-order valence-corrected chi connectivity index (χ1v) is 7.79. The molecule has 0 radical (unpaired) electrons. The van der Waals surface area contributed by atoms with Crippen LogP contribution in [0.5, 0.6) is 0 Å². The van der Waals surface area contributed by atoms with Gasteiger partial charge in [-0.15, -0.1) is 0 Å². The van der Waals surface area contributed by atoms with Crippen LogP contribution in [-0.2, 0) is 20.9 Å². The van der Waals surface area contributed by atoms with Crippen molar-refractivity contribution in [2.45, 2.75) is 13.0 Å². The Morgan fingerprint density at radius 1 is 1.24 bits per heavy atom. The molecular weight excluding hydrogens is 323 g/mol. The largest absolute Gasteiger partial charge is 0.461 e. The number of nitriles is 1. The lowest BCUT2D eigenvalue weighted by atomic mass is 10.1. The molecule has 0 aromatic heterocycles. The number of ether oxygens (including phenoxy) is 1. The normalized spacial score (nSPS) is 16.6. The highest BCUT2D eigenvalue weighted by atomic mass is 19.1. The minimum Gasteiger partial charge on any atom is -0.461 e. The fourth-order valence-corrected chi connectivity index (χ4v) is 2.72. The lowest BCUT2D eigenvalue weighted by molar-refractivity contribution is -0.149. The van der Waals surface area contributed by atoms with Crippen LogP contribution >= 0.6 is 0 Å². The third kappa shape index (κ3) is 3.66. The zero-order valence-electron chi connectivity index (χ0n) is 13.3. The average molecular weight is 338 g/mol. The highest BCUT2D eigenvalue weighted by Crippen LogP contribution is 2.28. The highest BCUT2D eigenvalue weighted by Gasteiger charge is 2.37. The van der Waals surface area contributed by atoms with Crippen molar-refractivity contribution < 1.29 is 18.7 Å². The number of anilines is 1. The SMILES string of the molecule is N#Cc1ccc(COC(=O)[C@H]2CC(=O)N(c3ccccc3F)C2)cc1. The Hall–Kier alpha value is -3.20. The van der Waals surface area contributed by atoms with Gasteiger partial charge >= 0.3 is 5.97 Å². The number of esters is 1. The van der Waals surface area contributed by atoms with Gasteiger partial charge in [0.25, 0.3) is 0 Å². The van der Waals surface area contributed by atoms with Crippen LogP contribution in [0.3, 0.4) is 0 Å². The van der Waals surface area contributed by atoms with Crippen LogP contribution in [-0.4, -0.2) is 18.4 Å². The molecule has 3 rings (SSSR count). The van der Waals surface area contributed by atoms with Crippen LogP contribution in [0, 0.1) is 23.1 Å². The zero-order valence-corrected chi connectivity index (χ0v) is 13.3. The van der Waals surface area contributed by atoms with Crippen molar-refractivity contribution in [3.05, 3.63) is 65.5 Å². The molecule has 1 atom stereocenters. The van der Waals surface area contributed by atoms with Crippen LogP contribution in [0.4, 0.5) is 10.1 Å². The van der Waals surface area contributed by atoms with Gasteiger partial charge in [-0.2, -0.15) is 5.26 Å². The van der Waals surface area contributed by atoms with E-state index in [-0.39, 0.29) is 31.2 Å². The number of para-hydroxylation sites is 1. The summed E-state index contributed by atoms with van der Waals surface area (Å²) in [5, 5.41) is 8.75. The number of carbonyl (C=O) groups excluding carboxylic acids is 2. The molecule has 0 N–H and O–H groups in total. The second-order valence-electron chi connectivity index (χ2n) is 5.77. The number of hydrogen-bond donors (Lipinski definition) is 0. The number of nitrogens with zero attached hydrogens (tertiary/aromatic N) is 2. The first-order valence-electron chi connectivity index (χ1n) is 7.79. The van der Waals surface area contributed by atoms with Crippen molar-refractivity contribution in [1.82, 2.24) is 0 Å². The van der Waals surface area contributed by atoms with Crippen molar-refractivity contribution in [3.63, 3.8) is 0 Å². The van der Waals surface area contributed by atoms with Gasteiger partial charge in [0.15, 0.2) is 0 Å². The second-order valence-corrected chi connectivity index (χ2v) is 5.77. The maximum Gasteiger partial charge on any atom is 0.311 e. The standard InChI is InChI=1S/C19H15FN2O3/c20-16-3-1-2-4-17(16)22-11-15(9-18(22)23)19(24)25-12-14-7-5-13(10-21)6-8-14/h1-8,15H,9,11-12H2/t15-/m0/s1. The summed E-state index contributed by atoms with van der Waals surface area (Å²) in [4.78, 5) is 25.6. The summed E-state index contributed by atoms with van der Waals surface area (Å²) in [6, 6.07) is 14.7. The van der Waals surface area contributed by atoms with Crippen LogP contribution < -0.4 is 4.90 Å². The van der Waals surface area contributed by atoms with E-state index in [1.165, 1.54) is 17.0 Å². The van der Waals surface area contributed by atoms with Crippen LogP contribution in [0.15, 0.2) is 48.5 Å². The second kappa shape index (κ2) is 7.14. The van der Waals surface area contributed by atoms with Gasteiger partial charge in [-0.25, -0.2) is 4.39 Å². The average Bonchev–Trinajstić information content (AvgIpc) is 3.02. The van der Waals surface area contributed by atoms with Gasteiger partial charge in [-0.05, 0) is 29.8 Å². The van der Waals surface area contributed by atoms with E-state index in [4.69, 9.17) is 10.00 Å². The summed E-state index contributed by atoms with van der Waals surface area (Å²) < 4.78 is 19.1. The number of rotatable bonds is 4. The highest BCUT2D eigenvalue weighted by molar-refractivity contribution is 5.99. The minimum atomic E-state index is -0.620. The van der Waals surface area contributed by atoms with Crippen LogP contribution in [0.1, 0.15) is 17.5 Å². The smallest absolute Gasteiger partial charge is 0.311 e. The number of halogens is 1. The topological polar surface area (TPSA) is 70.4 Å². The van der Waals surface area contributed by atoms with E-state index in [2.05, 4.69) is 0 Å². The van der Waals surface area contributed by atoms with Gasteiger partial charge < -0.3 is 9.64 Å². The third-order valence-corrected chi connectivity index (χ3v) is 4.07. The molecule has 2 aromatic carbocycles. The maximum atomic E-state index is 13.8. The molecule has 1 fully saturated rings. The third-order valence-electron chi connectivity index (χ3n) is 4.07. The van der Waals surface area contributed by atoms with E-state index in [0.29, 0.717) is 5.56 Å². The fourth-order valence-electron chi connectivity index (χ4n) is 2.72. The van der Waals surface area contributed by atoms with Gasteiger partial charge in [0, 0.05) is 13.0 Å². The van der Waals surface area contributed by atoms with Gasteiger partial charge in [0.05, 0.1) is 23.2 Å². The Balaban J connectivity index is 1.61. The summed E-state index contributed by atoms with van der Waals surface area (Å²) >= 11 is 0. The number of amides is 1. The zero-order chi connectivity index (χ0) is 17.8. The van der Waals surface area contributed by atoms with Gasteiger partial charge in [0.1, 0.15) is 12.4 Å². The van der Waals surface area contributed by atoms with E-state index in [0.717, 1.165) is 5.56 Å². The van der Waals surface area contributed by atoms with Crippen molar-refractivity contribution in [2.24, 2.45) is 5.92 Å². The molecule has 1 aliphatic rings. The van der Waals surface area contributed by atoms with Crippen LogP contribution in [0.25, 0.3) is 0 Å². The predicted molar refractivity (Wildman–Crippen MR) is 87.8 cm³/mol. The Kier molecular flexibility index (Phi) is 4.75. The fraction of sp³-hybridized carbons (Fsp3) is 0.211. The van der Waals surface area contributed by atoms with E-state index in [1.807, 2.05) is 6.07 Å². The molecule has 1 heterocycles. The summed E-state index contributed by atoms with van der Waals surface area (Å²) in [6.07, 6.45) is 0.000534. The van der Waals surface area contributed by atoms with E-state index < -0.39 is 17.7 Å². The van der Waals surface area contributed by atoms with Gasteiger partial charge in [-0.1, -0.05) is 24.3 Å². The molecule has 5 nitrogen and oxygen atoms in total. The lowest BCUT2D eigenvalue weighted by Gasteiger charge is -2.17. The van der Waals surface area contributed by atoms with Crippen molar-refractivity contribution in [2.75, 3.05) is 11.4 Å². The Bertz CT molecular complexity index is 842. The monoisotopic (exact) mass is 338 g/mol. The first-order chi connectivity index (χ1) is 12.1. The molecule has 0 aliphatic carbocycles. The number of hydrogen-bond acceptors (Lipinski definition) is 4. The molecule has 6 heteroatoms. The van der Waals surface area contributed by atoms with Gasteiger partial charge in [-0.3, -0.25) is 9.59 Å². The molecule has 126 valence electrons. The minimum absolute atomic E-state index is 0.000534. The number of benzene rings is 2. The molecule has 1 amide bonds. The first kappa shape index (κ1) is 16.7. The molecule has 2 aromatic rings. The molecular formula is C19H15FN2O3. The van der Waals surface area contributed by atoms with Crippen molar-refractivity contribution >= 4 is 17.6 Å². The Morgan fingerprint density at radius 2 is 1.96 bits per heavy atom. The Labute approximate surface area is 144 Å². The molecule has 0 saturated carbocycles. The van der Waals surface area contributed by atoms with E-state index >= 15 is 0 Å². The summed E-state index contributed by atoms with van der Waals surface area (Å²) in [6.45, 7) is 0.168. The van der Waals surface area contributed by atoms with Gasteiger partial charge in [0.2, 0.25) is 5.91 Å². The molecule has 25 heavy (non-hydrogen) atoms. The maximum absolute atomic E-state index is 13.8. The summed E-state index contributed by atoms with van der Waals surface area (Å²) in [5.74, 6) is -1.91. The van der Waals surface area contributed by atoms with Crippen molar-refractivity contribution in [1.29, 1.82) is 5.26 Å². The number of carbonyl (C=O) groups is 2. The quantitative estimate of drug-likeness (QED) is 0.804. The molecule has 1 aliphatic heterocycles. The van der Waals surface area contributed by atoms with Crippen molar-refractivity contribution in [3.8, 4) is 6.07 Å². The predicted octanol–water partition coefficient (Wildman–Crippen LogP) is 2.79. The molecule has 0 unspecified atom stereocenters. The molecule has 0 spiro atoms. The van der Waals surface area contributed by atoms with E-state index in [9.17, 15) is 14.0 Å². The molecule has 0 bridgehead atoms. The Morgan fingerprint density at radius 3 is 2.64 bits per heavy atom. The lowest BCUT2D eigenvalue weighted by Crippen LogP contribution is -2.27. The summed E-state index contributed by atoms with van der Waals surface area (Å²) in [7, 11) is 0. The van der Waals surface area contributed by atoms with Crippen LogP contribution in [0.2, 0.25) is 0 Å². The van der Waals surface area contributed by atoms with E-state index in [1.54, 1.807) is 36.4 Å². The molecule has 1 saturated heterocycles. The summed E-state index contributed by atoms with van der Waals surface area (Å²) in [5.41, 5.74) is 1.45.